The number of hydrogen-bond donors (Lipinski definition) is 1. The van der Waals surface area contributed by atoms with E-state index in [9.17, 15) is 0 Å². The summed E-state index contributed by atoms with van der Waals surface area (Å²) in [4.78, 5) is 0. The van der Waals surface area contributed by atoms with Crippen LogP contribution in [-0.2, 0) is 5.41 Å². The van der Waals surface area contributed by atoms with Gasteiger partial charge in [-0.3, -0.25) is 0 Å². The molecule has 102 valence electrons. The molecule has 19 heavy (non-hydrogen) atoms. The summed E-state index contributed by atoms with van der Waals surface area (Å²) in [5.41, 5.74) is 2.43. The van der Waals surface area contributed by atoms with Crippen molar-refractivity contribution in [1.29, 1.82) is 0 Å². The van der Waals surface area contributed by atoms with Crippen LogP contribution < -0.4 is 5.32 Å². The molecular formula is C14H21N5. The largest absolute Gasteiger partial charge is 0.311 e. The van der Waals surface area contributed by atoms with Crippen molar-refractivity contribution in [2.45, 2.75) is 39.2 Å². The average Bonchev–Trinajstić information content (AvgIpc) is 2.86. The van der Waals surface area contributed by atoms with E-state index in [0.717, 1.165) is 11.5 Å². The molecule has 0 radical (unpaired) electrons. The lowest BCUT2D eigenvalue weighted by molar-refractivity contribution is 0.584. The number of hydrogen-bond acceptors (Lipinski definition) is 4. The van der Waals surface area contributed by atoms with E-state index in [4.69, 9.17) is 0 Å². The third kappa shape index (κ3) is 2.81. The van der Waals surface area contributed by atoms with Crippen molar-refractivity contribution in [2.24, 2.45) is 0 Å². The maximum Gasteiger partial charge on any atom is 0.173 e. The van der Waals surface area contributed by atoms with E-state index < -0.39 is 0 Å². The van der Waals surface area contributed by atoms with Crippen molar-refractivity contribution in [2.75, 3.05) is 7.05 Å². The van der Waals surface area contributed by atoms with Gasteiger partial charge in [0.2, 0.25) is 0 Å². The zero-order valence-electron chi connectivity index (χ0n) is 12.2. The van der Waals surface area contributed by atoms with Gasteiger partial charge >= 0.3 is 0 Å². The summed E-state index contributed by atoms with van der Waals surface area (Å²) >= 11 is 0. The van der Waals surface area contributed by atoms with Crippen molar-refractivity contribution >= 4 is 0 Å². The number of tetrazole rings is 1. The average molecular weight is 259 g/mol. The standard InChI is InChI=1S/C14H21N5/c1-10(15-5)13-16-17-18-19(13)12-8-6-11(7-9-12)14(2,3)4/h6-10,15H,1-5H3. The smallest absolute Gasteiger partial charge is 0.173 e. The number of nitrogens with one attached hydrogen (secondary N) is 1. The molecule has 1 unspecified atom stereocenters. The van der Waals surface area contributed by atoms with Gasteiger partial charge in [0.1, 0.15) is 0 Å². The van der Waals surface area contributed by atoms with Crippen LogP contribution >= 0.6 is 0 Å². The van der Waals surface area contributed by atoms with Gasteiger partial charge in [0.05, 0.1) is 11.7 Å². The fraction of sp³-hybridized carbons (Fsp3) is 0.500. The van der Waals surface area contributed by atoms with E-state index in [2.05, 4.69) is 65.9 Å². The van der Waals surface area contributed by atoms with Gasteiger partial charge in [0.25, 0.3) is 0 Å². The van der Waals surface area contributed by atoms with Gasteiger partial charge in [-0.1, -0.05) is 32.9 Å². The van der Waals surface area contributed by atoms with Gasteiger partial charge in [-0.25, -0.2) is 0 Å². The minimum absolute atomic E-state index is 0.109. The maximum absolute atomic E-state index is 4.07. The zero-order chi connectivity index (χ0) is 14.0. The van der Waals surface area contributed by atoms with Crippen LogP contribution in [0.3, 0.4) is 0 Å². The van der Waals surface area contributed by atoms with Crippen molar-refractivity contribution in [1.82, 2.24) is 25.5 Å². The van der Waals surface area contributed by atoms with Crippen molar-refractivity contribution in [3.8, 4) is 5.69 Å². The van der Waals surface area contributed by atoms with Gasteiger partial charge < -0.3 is 5.32 Å². The molecule has 5 heteroatoms. The van der Waals surface area contributed by atoms with Crippen molar-refractivity contribution in [3.05, 3.63) is 35.7 Å². The Kier molecular flexibility index (Phi) is 3.66. The Labute approximate surface area is 114 Å². The van der Waals surface area contributed by atoms with Crippen LogP contribution in [0.4, 0.5) is 0 Å². The predicted octanol–water partition coefficient (Wildman–Crippen LogP) is 2.24. The summed E-state index contributed by atoms with van der Waals surface area (Å²) in [6, 6.07) is 8.48. The first-order valence-corrected chi connectivity index (χ1v) is 6.50. The molecule has 0 spiro atoms. The first-order chi connectivity index (χ1) is 8.93. The minimum Gasteiger partial charge on any atom is -0.311 e. The molecular weight excluding hydrogens is 238 g/mol. The third-order valence-corrected chi connectivity index (χ3v) is 3.29. The Morgan fingerprint density at radius 1 is 1.16 bits per heavy atom. The highest BCUT2D eigenvalue weighted by Crippen LogP contribution is 2.23. The van der Waals surface area contributed by atoms with Crippen LogP contribution in [0.1, 0.15) is 45.1 Å². The molecule has 0 aliphatic rings. The van der Waals surface area contributed by atoms with Crippen molar-refractivity contribution in [3.63, 3.8) is 0 Å². The highest BCUT2D eigenvalue weighted by atomic mass is 15.5. The third-order valence-electron chi connectivity index (χ3n) is 3.29. The van der Waals surface area contributed by atoms with E-state index in [-0.39, 0.29) is 11.5 Å². The highest BCUT2D eigenvalue weighted by molar-refractivity contribution is 5.36. The molecule has 2 aromatic rings. The minimum atomic E-state index is 0.109. The number of aromatic nitrogens is 4. The molecule has 0 saturated heterocycles. The molecule has 1 N–H and O–H groups in total. The first kappa shape index (κ1) is 13.7. The Hall–Kier alpha value is -1.75. The van der Waals surface area contributed by atoms with Gasteiger partial charge in [-0.05, 0) is 47.5 Å². The predicted molar refractivity (Wildman–Crippen MR) is 75.3 cm³/mol. The van der Waals surface area contributed by atoms with Gasteiger partial charge in [-0.2, -0.15) is 4.68 Å². The Balaban J connectivity index is 2.36. The van der Waals surface area contributed by atoms with Crippen LogP contribution in [0, 0.1) is 0 Å². The summed E-state index contributed by atoms with van der Waals surface area (Å²) < 4.78 is 1.77. The van der Waals surface area contributed by atoms with E-state index in [1.165, 1.54) is 5.56 Å². The summed E-state index contributed by atoms with van der Waals surface area (Å²) in [6.45, 7) is 8.64. The van der Waals surface area contributed by atoms with Crippen LogP contribution in [0.15, 0.2) is 24.3 Å². The van der Waals surface area contributed by atoms with E-state index in [1.807, 2.05) is 14.0 Å². The fourth-order valence-corrected chi connectivity index (χ4v) is 1.88. The van der Waals surface area contributed by atoms with Gasteiger partial charge in [0.15, 0.2) is 5.82 Å². The molecule has 1 heterocycles. The quantitative estimate of drug-likeness (QED) is 0.918. The molecule has 5 nitrogen and oxygen atoms in total. The van der Waals surface area contributed by atoms with E-state index >= 15 is 0 Å². The highest BCUT2D eigenvalue weighted by Gasteiger charge is 2.16. The number of rotatable bonds is 3. The molecule has 0 amide bonds. The van der Waals surface area contributed by atoms with Gasteiger partial charge in [-0.15, -0.1) is 5.10 Å². The second-order valence-electron chi connectivity index (χ2n) is 5.76. The van der Waals surface area contributed by atoms with Crippen LogP contribution in [-0.4, -0.2) is 27.3 Å². The fourth-order valence-electron chi connectivity index (χ4n) is 1.88. The molecule has 0 fully saturated rings. The monoisotopic (exact) mass is 259 g/mol. The molecule has 0 aliphatic carbocycles. The lowest BCUT2D eigenvalue weighted by Gasteiger charge is -2.19. The second kappa shape index (κ2) is 5.09. The second-order valence-corrected chi connectivity index (χ2v) is 5.76. The summed E-state index contributed by atoms with van der Waals surface area (Å²) in [7, 11) is 1.90. The maximum atomic E-state index is 4.07. The summed E-state index contributed by atoms with van der Waals surface area (Å²) in [5.74, 6) is 0.811. The Morgan fingerprint density at radius 3 is 2.32 bits per heavy atom. The van der Waals surface area contributed by atoms with Crippen molar-refractivity contribution < 1.29 is 0 Å². The number of nitrogens with zero attached hydrogens (tertiary/aromatic N) is 4. The number of benzene rings is 1. The normalized spacial score (nSPS) is 13.5. The molecule has 0 saturated carbocycles. The van der Waals surface area contributed by atoms with Gasteiger partial charge in [0, 0.05) is 0 Å². The van der Waals surface area contributed by atoms with Crippen LogP contribution in [0.25, 0.3) is 5.69 Å². The molecule has 0 bridgehead atoms. The molecule has 0 aliphatic heterocycles. The molecule has 1 atom stereocenters. The lowest BCUT2D eigenvalue weighted by Crippen LogP contribution is -2.18. The van der Waals surface area contributed by atoms with E-state index in [0.29, 0.717) is 0 Å². The molecule has 1 aromatic heterocycles. The lowest BCUT2D eigenvalue weighted by atomic mass is 9.87. The summed E-state index contributed by atoms with van der Waals surface area (Å²) in [6.07, 6.45) is 0. The first-order valence-electron chi connectivity index (χ1n) is 6.50. The Bertz CT molecular complexity index is 536. The summed E-state index contributed by atoms with van der Waals surface area (Å²) in [5, 5.41) is 15.0. The van der Waals surface area contributed by atoms with Crippen LogP contribution in [0.5, 0.6) is 0 Å². The zero-order valence-corrected chi connectivity index (χ0v) is 12.2. The molecule has 1 aromatic carbocycles. The topological polar surface area (TPSA) is 55.6 Å². The van der Waals surface area contributed by atoms with Crippen LogP contribution in [0.2, 0.25) is 0 Å². The Morgan fingerprint density at radius 2 is 1.79 bits per heavy atom. The SMILES string of the molecule is CNC(C)c1nnnn1-c1ccc(C(C)(C)C)cc1. The van der Waals surface area contributed by atoms with E-state index in [1.54, 1.807) is 4.68 Å². The molecule has 2 rings (SSSR count).